The lowest BCUT2D eigenvalue weighted by Gasteiger charge is -2.08. The van der Waals surface area contributed by atoms with Crippen molar-refractivity contribution in [2.45, 2.75) is 6.92 Å². The van der Waals surface area contributed by atoms with Gasteiger partial charge in [0, 0.05) is 22.3 Å². The molecule has 0 unspecified atom stereocenters. The van der Waals surface area contributed by atoms with Crippen LogP contribution >= 0.6 is 11.6 Å². The number of nitro groups is 1. The van der Waals surface area contributed by atoms with E-state index in [9.17, 15) is 19.7 Å². The number of halogens is 1. The first-order valence-corrected chi connectivity index (χ1v) is 7.82. The third-order valence-corrected chi connectivity index (χ3v) is 3.44. The van der Waals surface area contributed by atoms with Gasteiger partial charge in [-0.1, -0.05) is 23.7 Å². The predicted octanol–water partition coefficient (Wildman–Crippen LogP) is 3.12. The minimum atomic E-state index is -0.741. The van der Waals surface area contributed by atoms with Crippen molar-refractivity contribution in [3.05, 3.63) is 63.2 Å². The minimum Gasteiger partial charge on any atom is -0.482 e. The Morgan fingerprint density at radius 2 is 1.96 bits per heavy atom. The number of esters is 1. The van der Waals surface area contributed by atoms with Crippen molar-refractivity contribution in [1.29, 1.82) is 0 Å². The first-order chi connectivity index (χ1) is 12.3. The maximum Gasteiger partial charge on any atom is 0.344 e. The molecule has 0 spiro atoms. The second kappa shape index (κ2) is 8.82. The highest BCUT2D eigenvalue weighted by atomic mass is 35.5. The topological polar surface area (TPSA) is 108 Å². The number of anilines is 1. The maximum absolute atomic E-state index is 11.8. The molecule has 0 bridgehead atoms. The zero-order valence-corrected chi connectivity index (χ0v) is 14.5. The highest BCUT2D eigenvalue weighted by Crippen LogP contribution is 2.22. The third-order valence-electron chi connectivity index (χ3n) is 3.21. The number of rotatable bonds is 7. The van der Waals surface area contributed by atoms with E-state index in [0.717, 1.165) is 0 Å². The normalized spacial score (nSPS) is 10.1. The van der Waals surface area contributed by atoms with E-state index in [1.54, 1.807) is 25.1 Å². The largest absolute Gasteiger partial charge is 0.482 e. The standard InChI is InChI=1S/C17H15ClN2O6/c1-11-5-6-13(8-15(11)20(23)24)19-16(21)9-26-17(22)10-25-14-4-2-3-12(18)7-14/h2-8H,9-10H2,1H3,(H,19,21). The third kappa shape index (κ3) is 5.75. The van der Waals surface area contributed by atoms with Gasteiger partial charge < -0.3 is 14.8 Å². The Morgan fingerprint density at radius 3 is 2.65 bits per heavy atom. The number of ether oxygens (including phenoxy) is 2. The Labute approximate surface area is 153 Å². The van der Waals surface area contributed by atoms with Gasteiger partial charge in [-0.2, -0.15) is 0 Å². The van der Waals surface area contributed by atoms with Crippen LogP contribution in [0, 0.1) is 17.0 Å². The number of aryl methyl sites for hydroxylation is 1. The van der Waals surface area contributed by atoms with E-state index in [2.05, 4.69) is 5.32 Å². The molecule has 1 N–H and O–H groups in total. The molecule has 0 aliphatic rings. The summed E-state index contributed by atoms with van der Waals surface area (Å²) in [4.78, 5) is 33.7. The van der Waals surface area contributed by atoms with E-state index >= 15 is 0 Å². The quantitative estimate of drug-likeness (QED) is 0.450. The molecule has 0 heterocycles. The predicted molar refractivity (Wildman–Crippen MR) is 94.4 cm³/mol. The number of amides is 1. The van der Waals surface area contributed by atoms with Crippen molar-refractivity contribution in [1.82, 2.24) is 0 Å². The monoisotopic (exact) mass is 378 g/mol. The van der Waals surface area contributed by atoms with Crippen LogP contribution in [-0.4, -0.2) is 30.0 Å². The maximum atomic E-state index is 11.8. The highest BCUT2D eigenvalue weighted by Gasteiger charge is 2.13. The summed E-state index contributed by atoms with van der Waals surface area (Å²) in [7, 11) is 0. The van der Waals surface area contributed by atoms with E-state index < -0.39 is 23.4 Å². The van der Waals surface area contributed by atoms with Gasteiger partial charge in [-0.3, -0.25) is 14.9 Å². The van der Waals surface area contributed by atoms with E-state index in [1.807, 2.05) is 0 Å². The summed E-state index contributed by atoms with van der Waals surface area (Å²) < 4.78 is 9.98. The first kappa shape index (κ1) is 19.2. The van der Waals surface area contributed by atoms with Gasteiger partial charge in [0.25, 0.3) is 11.6 Å². The van der Waals surface area contributed by atoms with Crippen LogP contribution in [0.4, 0.5) is 11.4 Å². The summed E-state index contributed by atoms with van der Waals surface area (Å²) in [6.07, 6.45) is 0. The van der Waals surface area contributed by atoms with E-state index in [-0.39, 0.29) is 18.0 Å². The highest BCUT2D eigenvalue weighted by molar-refractivity contribution is 6.30. The molecule has 9 heteroatoms. The summed E-state index contributed by atoms with van der Waals surface area (Å²) in [6, 6.07) is 10.7. The van der Waals surface area contributed by atoms with Gasteiger partial charge >= 0.3 is 5.97 Å². The van der Waals surface area contributed by atoms with Crippen LogP contribution < -0.4 is 10.1 Å². The van der Waals surface area contributed by atoms with E-state index in [1.165, 1.54) is 24.3 Å². The number of nitrogens with zero attached hydrogens (tertiary/aromatic N) is 1. The van der Waals surface area contributed by atoms with E-state index in [0.29, 0.717) is 16.3 Å². The Kier molecular flexibility index (Phi) is 6.51. The number of benzene rings is 2. The lowest BCUT2D eigenvalue weighted by Crippen LogP contribution is -2.23. The smallest absolute Gasteiger partial charge is 0.344 e. The molecule has 0 aromatic heterocycles. The van der Waals surface area contributed by atoms with Crippen LogP contribution in [-0.2, 0) is 14.3 Å². The number of hydrogen-bond donors (Lipinski definition) is 1. The van der Waals surface area contributed by atoms with Gasteiger partial charge in [0.1, 0.15) is 5.75 Å². The van der Waals surface area contributed by atoms with Crippen molar-refractivity contribution >= 4 is 34.9 Å². The molecule has 0 fully saturated rings. The second-order valence-electron chi connectivity index (χ2n) is 5.21. The fraction of sp³-hybridized carbons (Fsp3) is 0.176. The zero-order chi connectivity index (χ0) is 19.1. The Hall–Kier alpha value is -3.13. The molecule has 136 valence electrons. The zero-order valence-electron chi connectivity index (χ0n) is 13.7. The van der Waals surface area contributed by atoms with Gasteiger partial charge in [-0.25, -0.2) is 4.79 Å². The summed E-state index contributed by atoms with van der Waals surface area (Å²) in [5.74, 6) is -0.972. The molecule has 0 radical (unpaired) electrons. The average Bonchev–Trinajstić information content (AvgIpc) is 2.59. The molecule has 2 aromatic rings. The van der Waals surface area contributed by atoms with Gasteiger partial charge in [-0.05, 0) is 31.2 Å². The number of nitro benzene ring substituents is 1. The van der Waals surface area contributed by atoms with Gasteiger partial charge in [-0.15, -0.1) is 0 Å². The lowest BCUT2D eigenvalue weighted by molar-refractivity contribution is -0.385. The van der Waals surface area contributed by atoms with E-state index in [4.69, 9.17) is 21.1 Å². The summed E-state index contributed by atoms with van der Waals surface area (Å²) in [6.45, 7) is 0.661. The van der Waals surface area contributed by atoms with Crippen LogP contribution in [0.1, 0.15) is 5.56 Å². The molecule has 0 saturated heterocycles. The van der Waals surface area contributed by atoms with Crippen LogP contribution in [0.25, 0.3) is 0 Å². The van der Waals surface area contributed by atoms with Crippen LogP contribution in [0.5, 0.6) is 5.75 Å². The fourth-order valence-corrected chi connectivity index (χ4v) is 2.15. The molecule has 0 saturated carbocycles. The van der Waals surface area contributed by atoms with Crippen LogP contribution in [0.3, 0.4) is 0 Å². The molecule has 1 amide bonds. The SMILES string of the molecule is Cc1ccc(NC(=O)COC(=O)COc2cccc(Cl)c2)cc1[N+](=O)[O-]. The Morgan fingerprint density at radius 1 is 1.19 bits per heavy atom. The minimum absolute atomic E-state index is 0.116. The number of nitrogens with one attached hydrogen (secondary N) is 1. The lowest BCUT2D eigenvalue weighted by atomic mass is 10.2. The average molecular weight is 379 g/mol. The molecule has 0 aliphatic carbocycles. The van der Waals surface area contributed by atoms with Crippen LogP contribution in [0.15, 0.2) is 42.5 Å². The number of hydrogen-bond acceptors (Lipinski definition) is 6. The van der Waals surface area contributed by atoms with Crippen molar-refractivity contribution in [3.8, 4) is 5.75 Å². The number of carbonyl (C=O) groups is 2. The summed E-state index contributed by atoms with van der Waals surface area (Å²) >= 11 is 5.79. The molecule has 2 aromatic carbocycles. The van der Waals surface area contributed by atoms with Crippen molar-refractivity contribution in [3.63, 3.8) is 0 Å². The Bertz CT molecular complexity index is 840. The van der Waals surface area contributed by atoms with Gasteiger partial charge in [0.2, 0.25) is 0 Å². The second-order valence-corrected chi connectivity index (χ2v) is 5.65. The Balaban J connectivity index is 1.80. The first-order valence-electron chi connectivity index (χ1n) is 7.44. The molecular weight excluding hydrogens is 364 g/mol. The fourth-order valence-electron chi connectivity index (χ4n) is 1.97. The van der Waals surface area contributed by atoms with Crippen molar-refractivity contribution in [2.75, 3.05) is 18.5 Å². The molecular formula is C17H15ClN2O6. The van der Waals surface area contributed by atoms with Crippen LogP contribution in [0.2, 0.25) is 5.02 Å². The molecule has 0 aliphatic heterocycles. The molecule has 26 heavy (non-hydrogen) atoms. The molecule has 0 atom stereocenters. The van der Waals surface area contributed by atoms with Crippen molar-refractivity contribution in [2.24, 2.45) is 0 Å². The van der Waals surface area contributed by atoms with Crippen molar-refractivity contribution < 1.29 is 24.0 Å². The summed E-state index contributed by atoms with van der Waals surface area (Å²) in [5, 5.41) is 13.8. The molecule has 2 rings (SSSR count). The van der Waals surface area contributed by atoms with Gasteiger partial charge in [0.15, 0.2) is 13.2 Å². The molecule has 8 nitrogen and oxygen atoms in total. The summed E-state index contributed by atoms with van der Waals surface area (Å²) in [5.41, 5.74) is 0.589. The number of carbonyl (C=O) groups excluding carboxylic acids is 2. The van der Waals surface area contributed by atoms with Gasteiger partial charge in [0.05, 0.1) is 4.92 Å².